The first-order chi connectivity index (χ1) is 13.8. The van der Waals surface area contributed by atoms with Crippen LogP contribution in [0.4, 0.5) is 11.4 Å². The van der Waals surface area contributed by atoms with Crippen LogP contribution < -0.4 is 5.76 Å². The summed E-state index contributed by atoms with van der Waals surface area (Å²) < 4.78 is 11.4. The number of fused-ring (bicyclic) bond motifs is 1. The molecule has 11 heteroatoms. The van der Waals surface area contributed by atoms with E-state index < -0.39 is 21.6 Å². The van der Waals surface area contributed by atoms with E-state index in [0.29, 0.717) is 17.5 Å². The van der Waals surface area contributed by atoms with Crippen molar-refractivity contribution in [2.45, 2.75) is 26.0 Å². The number of hydrogen-bond acceptors (Lipinski definition) is 8. The lowest BCUT2D eigenvalue weighted by atomic mass is 10.2. The van der Waals surface area contributed by atoms with Gasteiger partial charge in [0.25, 0.3) is 11.4 Å². The van der Waals surface area contributed by atoms with Gasteiger partial charge in [-0.05, 0) is 30.2 Å². The molecule has 0 saturated carbocycles. The SMILES string of the molecule is O=C(CCCn1c(=O)oc2cc([N+](=O)[O-])ccc21)OCc1ccc([N+](=O)[O-])cc1. The van der Waals surface area contributed by atoms with Gasteiger partial charge in [-0.2, -0.15) is 0 Å². The fourth-order valence-corrected chi connectivity index (χ4v) is 2.71. The Kier molecular flexibility index (Phi) is 5.67. The molecule has 3 rings (SSSR count). The second-order valence-electron chi connectivity index (χ2n) is 6.12. The fourth-order valence-electron chi connectivity index (χ4n) is 2.71. The highest BCUT2D eigenvalue weighted by Crippen LogP contribution is 2.20. The van der Waals surface area contributed by atoms with Crippen LogP contribution in [0.5, 0.6) is 0 Å². The molecule has 0 atom stereocenters. The van der Waals surface area contributed by atoms with Crippen molar-refractivity contribution in [3.63, 3.8) is 0 Å². The molecular formula is C18H15N3O8. The van der Waals surface area contributed by atoms with Gasteiger partial charge in [0.05, 0.1) is 21.4 Å². The normalized spacial score (nSPS) is 10.8. The van der Waals surface area contributed by atoms with E-state index in [-0.39, 0.29) is 36.5 Å². The van der Waals surface area contributed by atoms with Gasteiger partial charge in [-0.1, -0.05) is 0 Å². The van der Waals surface area contributed by atoms with Crippen molar-refractivity contribution < 1.29 is 23.8 Å². The van der Waals surface area contributed by atoms with Crippen LogP contribution in [-0.2, 0) is 22.7 Å². The third kappa shape index (κ3) is 4.64. The van der Waals surface area contributed by atoms with Crippen molar-refractivity contribution in [3.8, 4) is 0 Å². The van der Waals surface area contributed by atoms with Gasteiger partial charge in [-0.3, -0.25) is 29.6 Å². The largest absolute Gasteiger partial charge is 0.461 e. The maximum absolute atomic E-state index is 11.9. The van der Waals surface area contributed by atoms with Crippen molar-refractivity contribution in [1.82, 2.24) is 4.57 Å². The third-order valence-electron chi connectivity index (χ3n) is 4.17. The number of nitro groups is 2. The summed E-state index contributed by atoms with van der Waals surface area (Å²) in [6.45, 7) is 0.158. The van der Waals surface area contributed by atoms with E-state index in [2.05, 4.69) is 0 Å². The molecular weight excluding hydrogens is 386 g/mol. The fraction of sp³-hybridized carbons (Fsp3) is 0.222. The minimum absolute atomic E-state index is 0.0188. The summed E-state index contributed by atoms with van der Waals surface area (Å²) in [4.78, 5) is 44.1. The Hall–Kier alpha value is -4.02. The Morgan fingerprint density at radius 2 is 1.69 bits per heavy atom. The maximum atomic E-state index is 11.9. The predicted octanol–water partition coefficient (Wildman–Crippen LogP) is 2.93. The zero-order valence-corrected chi connectivity index (χ0v) is 15.0. The van der Waals surface area contributed by atoms with Gasteiger partial charge >= 0.3 is 11.7 Å². The molecule has 0 spiro atoms. The Bertz CT molecular complexity index is 1130. The van der Waals surface area contributed by atoms with Crippen LogP contribution in [0.3, 0.4) is 0 Å². The molecule has 0 bridgehead atoms. The summed E-state index contributed by atoms with van der Waals surface area (Å²) in [6.07, 6.45) is 0.337. The lowest BCUT2D eigenvalue weighted by Gasteiger charge is -2.05. The van der Waals surface area contributed by atoms with Crippen LogP contribution in [0, 0.1) is 20.2 Å². The Labute approximate surface area is 162 Å². The van der Waals surface area contributed by atoms with Crippen molar-refractivity contribution in [2.75, 3.05) is 0 Å². The smallest absolute Gasteiger partial charge is 0.419 e. The maximum Gasteiger partial charge on any atom is 0.419 e. The summed E-state index contributed by atoms with van der Waals surface area (Å²) in [7, 11) is 0. The zero-order valence-electron chi connectivity index (χ0n) is 15.0. The van der Waals surface area contributed by atoms with Crippen LogP contribution in [0.1, 0.15) is 18.4 Å². The number of non-ortho nitro benzene ring substituents is 2. The second kappa shape index (κ2) is 8.33. The number of esters is 1. The first-order valence-corrected chi connectivity index (χ1v) is 8.52. The van der Waals surface area contributed by atoms with Gasteiger partial charge in [0, 0.05) is 31.2 Å². The quantitative estimate of drug-likeness (QED) is 0.318. The number of hydrogen-bond donors (Lipinski definition) is 0. The molecule has 0 amide bonds. The van der Waals surface area contributed by atoms with Crippen LogP contribution in [0.2, 0.25) is 0 Å². The highest BCUT2D eigenvalue weighted by atomic mass is 16.6. The minimum Gasteiger partial charge on any atom is -0.461 e. The van der Waals surface area contributed by atoms with E-state index in [4.69, 9.17) is 9.15 Å². The number of carbonyl (C=O) groups excluding carboxylic acids is 1. The molecule has 0 N–H and O–H groups in total. The van der Waals surface area contributed by atoms with Gasteiger partial charge < -0.3 is 9.15 Å². The van der Waals surface area contributed by atoms with E-state index in [1.54, 1.807) is 0 Å². The Morgan fingerprint density at radius 1 is 1.03 bits per heavy atom. The minimum atomic E-state index is -0.667. The molecule has 1 heterocycles. The number of nitrogens with zero attached hydrogens (tertiary/aromatic N) is 3. The van der Waals surface area contributed by atoms with Gasteiger partial charge in [0.2, 0.25) is 0 Å². The lowest BCUT2D eigenvalue weighted by Crippen LogP contribution is -2.15. The molecule has 0 unspecified atom stereocenters. The Balaban J connectivity index is 1.53. The molecule has 2 aromatic carbocycles. The number of oxazole rings is 1. The van der Waals surface area contributed by atoms with Gasteiger partial charge in [-0.25, -0.2) is 4.79 Å². The average Bonchev–Trinajstić information content (AvgIpc) is 3.01. The van der Waals surface area contributed by atoms with E-state index >= 15 is 0 Å². The molecule has 0 fully saturated rings. The number of ether oxygens (including phenoxy) is 1. The third-order valence-corrected chi connectivity index (χ3v) is 4.17. The summed E-state index contributed by atoms with van der Waals surface area (Å²) in [5.74, 6) is -1.15. The van der Waals surface area contributed by atoms with Crippen LogP contribution in [0.15, 0.2) is 51.7 Å². The molecule has 3 aromatic rings. The van der Waals surface area contributed by atoms with Crippen molar-refractivity contribution in [3.05, 3.63) is 78.8 Å². The van der Waals surface area contributed by atoms with Gasteiger partial charge in [-0.15, -0.1) is 0 Å². The molecule has 0 saturated heterocycles. The summed E-state index contributed by atoms with van der Waals surface area (Å²) in [5, 5.41) is 21.4. The first-order valence-electron chi connectivity index (χ1n) is 8.52. The second-order valence-corrected chi connectivity index (χ2v) is 6.12. The van der Waals surface area contributed by atoms with Crippen molar-refractivity contribution in [2.24, 2.45) is 0 Å². The molecule has 29 heavy (non-hydrogen) atoms. The van der Waals surface area contributed by atoms with E-state index in [9.17, 15) is 29.8 Å². The molecule has 0 aliphatic carbocycles. The average molecular weight is 401 g/mol. The molecule has 0 aliphatic heterocycles. The monoisotopic (exact) mass is 401 g/mol. The predicted molar refractivity (Wildman–Crippen MR) is 99.3 cm³/mol. The van der Waals surface area contributed by atoms with E-state index in [0.717, 1.165) is 0 Å². The molecule has 1 aromatic heterocycles. The number of carbonyl (C=O) groups is 1. The van der Waals surface area contributed by atoms with E-state index in [1.807, 2.05) is 0 Å². The molecule has 150 valence electrons. The van der Waals surface area contributed by atoms with Gasteiger partial charge in [0.15, 0.2) is 5.58 Å². The lowest BCUT2D eigenvalue weighted by molar-refractivity contribution is -0.385. The van der Waals surface area contributed by atoms with Crippen molar-refractivity contribution >= 4 is 28.4 Å². The van der Waals surface area contributed by atoms with E-state index in [1.165, 1.54) is 47.0 Å². The van der Waals surface area contributed by atoms with Crippen LogP contribution >= 0.6 is 0 Å². The molecule has 11 nitrogen and oxygen atoms in total. The summed E-state index contributed by atoms with van der Waals surface area (Å²) >= 11 is 0. The number of aryl methyl sites for hydroxylation is 1. The van der Waals surface area contributed by atoms with Crippen LogP contribution in [-0.4, -0.2) is 20.4 Å². The number of benzene rings is 2. The van der Waals surface area contributed by atoms with Gasteiger partial charge in [0.1, 0.15) is 6.61 Å². The van der Waals surface area contributed by atoms with Crippen LogP contribution in [0.25, 0.3) is 11.1 Å². The standard InChI is InChI=1S/C18H15N3O8/c22-17(28-11-12-3-5-13(6-4-12)20(24)25)2-1-9-19-15-8-7-14(21(26)27)10-16(15)29-18(19)23/h3-8,10H,1-2,9,11H2. The zero-order chi connectivity index (χ0) is 21.0. The molecule has 0 aliphatic rings. The summed E-state index contributed by atoms with van der Waals surface area (Å²) in [6, 6.07) is 9.51. The summed E-state index contributed by atoms with van der Waals surface area (Å²) in [5.41, 5.74) is 0.879. The number of nitro benzene ring substituents is 2. The van der Waals surface area contributed by atoms with Crippen molar-refractivity contribution in [1.29, 1.82) is 0 Å². The molecule has 0 radical (unpaired) electrons. The number of rotatable bonds is 8. The first kappa shape index (κ1) is 19.7. The number of aromatic nitrogens is 1. The topological polar surface area (TPSA) is 148 Å². The highest BCUT2D eigenvalue weighted by molar-refractivity contribution is 5.75. The highest BCUT2D eigenvalue weighted by Gasteiger charge is 2.14. The Morgan fingerprint density at radius 3 is 2.34 bits per heavy atom.